The highest BCUT2D eigenvalue weighted by molar-refractivity contribution is 6.33. The normalized spacial score (nSPS) is 20.6. The zero-order valence-electron chi connectivity index (χ0n) is 20.2. The molecule has 0 fully saturated rings. The number of hydrogen-bond donors (Lipinski definition) is 1. The second kappa shape index (κ2) is 8.38. The van der Waals surface area contributed by atoms with Gasteiger partial charge in [0.15, 0.2) is 0 Å². The van der Waals surface area contributed by atoms with Crippen LogP contribution in [0.3, 0.4) is 0 Å². The van der Waals surface area contributed by atoms with Crippen LogP contribution in [0.5, 0.6) is 5.75 Å². The molecule has 0 saturated carbocycles. The van der Waals surface area contributed by atoms with E-state index in [1.165, 1.54) is 5.56 Å². The first-order chi connectivity index (χ1) is 17.5. The number of fused-ring (bicyclic) bond motifs is 2. The quantitative estimate of drug-likeness (QED) is 0.440. The van der Waals surface area contributed by atoms with Gasteiger partial charge in [-0.3, -0.25) is 9.79 Å². The Labute approximate surface area is 210 Å². The van der Waals surface area contributed by atoms with E-state index in [9.17, 15) is 9.90 Å². The number of ketones is 1. The minimum atomic E-state index is -0.346. The fourth-order valence-corrected chi connectivity index (χ4v) is 5.27. The largest absolute Gasteiger partial charge is 0.506 e. The summed E-state index contributed by atoms with van der Waals surface area (Å²) < 4.78 is 5.99. The first-order valence-corrected chi connectivity index (χ1v) is 12.1. The summed E-state index contributed by atoms with van der Waals surface area (Å²) in [6.45, 7) is 5.39. The lowest BCUT2D eigenvalue weighted by atomic mass is 9.79. The first-order valence-electron chi connectivity index (χ1n) is 12.1. The molecule has 0 bridgehead atoms. The van der Waals surface area contributed by atoms with Gasteiger partial charge in [0.2, 0.25) is 5.78 Å². The van der Waals surface area contributed by atoms with Crippen molar-refractivity contribution in [2.75, 3.05) is 18.1 Å². The fraction of sp³-hybridized carbons (Fsp3) is 0.161. The van der Waals surface area contributed by atoms with Crippen LogP contribution in [0, 0.1) is 0 Å². The van der Waals surface area contributed by atoms with Crippen molar-refractivity contribution >= 4 is 28.9 Å². The lowest BCUT2D eigenvalue weighted by Crippen LogP contribution is -2.31. The summed E-state index contributed by atoms with van der Waals surface area (Å²) in [6.07, 6.45) is 3.52. The molecule has 0 amide bonds. The molecule has 2 heterocycles. The monoisotopic (exact) mass is 474 g/mol. The molecule has 36 heavy (non-hydrogen) atoms. The Bertz CT molecular complexity index is 1510. The molecule has 3 aromatic rings. The average Bonchev–Trinajstić information content (AvgIpc) is 3.40. The van der Waals surface area contributed by atoms with E-state index in [1.807, 2.05) is 72.8 Å². The maximum absolute atomic E-state index is 13.3. The second-order valence-corrected chi connectivity index (χ2v) is 9.64. The highest BCUT2D eigenvalue weighted by Crippen LogP contribution is 2.49. The van der Waals surface area contributed by atoms with Crippen LogP contribution in [0.1, 0.15) is 25.0 Å². The van der Waals surface area contributed by atoms with E-state index < -0.39 is 0 Å². The standard InChI is InChI=1S/C31H26N2O3/c1-31(2)24-13-7-9-15-26(24)33(16-17-36-20-10-4-3-5-11-20)27(31)18-22-29(34)28(30(22)35)23-19-32-25-14-8-6-12-21(23)25/h3-15,18-19,34H,16-17H2,1-2H3/b27-18-,28-23+. The van der Waals surface area contributed by atoms with Crippen LogP contribution in [0.2, 0.25) is 0 Å². The summed E-state index contributed by atoms with van der Waals surface area (Å²) in [5.74, 6) is 0.683. The van der Waals surface area contributed by atoms with Crippen LogP contribution in [0.25, 0.3) is 5.57 Å². The van der Waals surface area contributed by atoms with Crippen LogP contribution in [0.15, 0.2) is 113 Å². The zero-order valence-corrected chi connectivity index (χ0v) is 20.2. The Morgan fingerprint density at radius 2 is 1.69 bits per heavy atom. The van der Waals surface area contributed by atoms with Crippen molar-refractivity contribution < 1.29 is 14.6 Å². The Morgan fingerprint density at radius 1 is 0.972 bits per heavy atom. The van der Waals surface area contributed by atoms with Crippen molar-refractivity contribution in [2.24, 2.45) is 4.99 Å². The van der Waals surface area contributed by atoms with Crippen LogP contribution in [-0.4, -0.2) is 30.3 Å². The lowest BCUT2D eigenvalue weighted by molar-refractivity contribution is -0.113. The summed E-state index contributed by atoms with van der Waals surface area (Å²) >= 11 is 0. The van der Waals surface area contributed by atoms with Crippen LogP contribution in [0.4, 0.5) is 11.4 Å². The molecule has 5 nitrogen and oxygen atoms in total. The molecule has 2 aliphatic heterocycles. The van der Waals surface area contributed by atoms with Crippen molar-refractivity contribution in [3.05, 3.63) is 119 Å². The molecule has 1 N–H and O–H groups in total. The second-order valence-electron chi connectivity index (χ2n) is 9.64. The molecular formula is C31H26N2O3. The van der Waals surface area contributed by atoms with Gasteiger partial charge in [-0.1, -0.05) is 68.4 Å². The van der Waals surface area contributed by atoms with E-state index in [-0.39, 0.29) is 17.0 Å². The molecule has 0 radical (unpaired) electrons. The Kier molecular flexibility index (Phi) is 5.15. The number of hydrogen-bond acceptors (Lipinski definition) is 5. The SMILES string of the molecule is CC1(C)/C(=C/C2=C(O)C(=C3/C=Nc4ccccc43)/C2=O)N(CCOc2ccccc2)c2ccccc21. The molecule has 3 aromatic carbocycles. The summed E-state index contributed by atoms with van der Waals surface area (Å²) in [5, 5.41) is 11.0. The van der Waals surface area contributed by atoms with Crippen molar-refractivity contribution in [1.82, 2.24) is 0 Å². The highest BCUT2D eigenvalue weighted by Gasteiger charge is 2.43. The molecule has 0 atom stereocenters. The van der Waals surface area contributed by atoms with Crippen molar-refractivity contribution in [3.63, 3.8) is 0 Å². The number of carbonyl (C=O) groups excluding carboxylic acids is 1. The number of aliphatic hydroxyl groups is 1. The number of Topliss-reactive ketones (excluding diaryl/α,β-unsaturated/α-hetero) is 1. The van der Waals surface area contributed by atoms with Crippen molar-refractivity contribution in [3.8, 4) is 5.75 Å². The van der Waals surface area contributed by atoms with Crippen LogP contribution in [-0.2, 0) is 10.2 Å². The van der Waals surface area contributed by atoms with E-state index >= 15 is 0 Å². The number of anilines is 1. The summed E-state index contributed by atoms with van der Waals surface area (Å²) in [5.41, 5.74) is 5.91. The maximum Gasteiger partial charge on any atom is 0.201 e. The number of rotatable bonds is 5. The number of aliphatic hydroxyl groups excluding tert-OH is 1. The van der Waals surface area contributed by atoms with Gasteiger partial charge in [-0.25, -0.2) is 0 Å². The lowest BCUT2D eigenvalue weighted by Gasteiger charge is -2.29. The zero-order chi connectivity index (χ0) is 24.9. The molecule has 0 aromatic heterocycles. The van der Waals surface area contributed by atoms with Crippen molar-refractivity contribution in [1.29, 1.82) is 0 Å². The smallest absolute Gasteiger partial charge is 0.201 e. The highest BCUT2D eigenvalue weighted by atomic mass is 16.5. The predicted octanol–water partition coefficient (Wildman–Crippen LogP) is 6.31. The van der Waals surface area contributed by atoms with Gasteiger partial charge >= 0.3 is 0 Å². The maximum atomic E-state index is 13.3. The summed E-state index contributed by atoms with van der Waals surface area (Å²) in [4.78, 5) is 19.9. The average molecular weight is 475 g/mol. The Balaban J connectivity index is 1.36. The van der Waals surface area contributed by atoms with Gasteiger partial charge in [0, 0.05) is 34.2 Å². The Hall–Kier alpha value is -4.38. The van der Waals surface area contributed by atoms with Gasteiger partial charge in [0.1, 0.15) is 18.1 Å². The number of para-hydroxylation sites is 3. The van der Waals surface area contributed by atoms with Gasteiger partial charge in [-0.2, -0.15) is 0 Å². The molecule has 5 heteroatoms. The summed E-state index contributed by atoms with van der Waals surface area (Å²) in [7, 11) is 0. The van der Waals surface area contributed by atoms with Gasteiger partial charge < -0.3 is 14.7 Å². The van der Waals surface area contributed by atoms with E-state index in [0.29, 0.717) is 29.9 Å². The molecule has 178 valence electrons. The number of allylic oxidation sites excluding steroid dienone is 5. The van der Waals surface area contributed by atoms with Crippen LogP contribution < -0.4 is 9.64 Å². The molecular weight excluding hydrogens is 448 g/mol. The third-order valence-electron chi connectivity index (χ3n) is 7.17. The number of benzene rings is 3. The topological polar surface area (TPSA) is 62.1 Å². The number of ether oxygens (including phenoxy) is 1. The van der Waals surface area contributed by atoms with E-state index in [0.717, 1.165) is 28.4 Å². The first kappa shape index (κ1) is 22.1. The van der Waals surface area contributed by atoms with Gasteiger partial charge in [0.25, 0.3) is 0 Å². The van der Waals surface area contributed by atoms with E-state index in [1.54, 1.807) is 6.21 Å². The molecule has 6 rings (SSSR count). The number of nitrogens with zero attached hydrogens (tertiary/aromatic N) is 2. The predicted molar refractivity (Wildman–Crippen MR) is 143 cm³/mol. The third-order valence-corrected chi connectivity index (χ3v) is 7.17. The minimum absolute atomic E-state index is 0.0258. The summed E-state index contributed by atoms with van der Waals surface area (Å²) in [6, 6.07) is 25.7. The van der Waals surface area contributed by atoms with Gasteiger partial charge in [-0.15, -0.1) is 0 Å². The van der Waals surface area contributed by atoms with E-state index in [4.69, 9.17) is 4.74 Å². The number of aliphatic imine (C=N–C) groups is 1. The number of carbonyl (C=O) groups is 1. The van der Waals surface area contributed by atoms with Gasteiger partial charge in [0.05, 0.1) is 23.4 Å². The molecule has 3 aliphatic rings. The van der Waals surface area contributed by atoms with Crippen LogP contribution >= 0.6 is 0 Å². The minimum Gasteiger partial charge on any atom is -0.506 e. The molecule has 0 spiro atoms. The van der Waals surface area contributed by atoms with E-state index in [2.05, 4.69) is 35.9 Å². The molecule has 0 saturated heterocycles. The molecule has 0 unspecified atom stereocenters. The Morgan fingerprint density at radius 3 is 2.50 bits per heavy atom. The van der Waals surface area contributed by atoms with Gasteiger partial charge in [-0.05, 0) is 35.9 Å². The third kappa shape index (κ3) is 3.39. The van der Waals surface area contributed by atoms with Crippen molar-refractivity contribution in [2.45, 2.75) is 19.3 Å². The molecule has 1 aliphatic carbocycles. The fourth-order valence-electron chi connectivity index (χ4n) is 5.27.